The summed E-state index contributed by atoms with van der Waals surface area (Å²) in [7, 11) is 1.79. The van der Waals surface area contributed by atoms with Crippen LogP contribution in [-0.2, 0) is 0 Å². The Bertz CT molecular complexity index is 513. The number of amides is 1. The summed E-state index contributed by atoms with van der Waals surface area (Å²) in [4.78, 5) is 19.8. The molecule has 0 aromatic carbocycles. The van der Waals surface area contributed by atoms with E-state index in [1.54, 1.807) is 49.9 Å². The lowest BCUT2D eigenvalue weighted by Gasteiger charge is -2.05. The smallest absolute Gasteiger partial charge is 0.274 e. The number of nitrogens with zero attached hydrogens (tertiary/aromatic N) is 2. The molecule has 2 heterocycles. The average Bonchev–Trinajstić information content (AvgIpc) is 2.40. The number of carbonyl (C=O) groups excluding carboxylic acids is 1. The second-order valence-electron chi connectivity index (χ2n) is 3.37. The Kier molecular flexibility index (Phi) is 3.30. The van der Waals surface area contributed by atoms with Gasteiger partial charge in [-0.25, -0.2) is 0 Å². The Labute approximate surface area is 98.9 Å². The zero-order valence-electron chi connectivity index (χ0n) is 9.34. The SMILES string of the molecule is CNc1ccnc(C(=O)Nc2ccncc2)c1. The molecule has 0 saturated carbocycles. The van der Waals surface area contributed by atoms with E-state index in [1.807, 2.05) is 0 Å². The minimum absolute atomic E-state index is 0.242. The number of hydrogen-bond donors (Lipinski definition) is 2. The molecule has 0 spiro atoms. The van der Waals surface area contributed by atoms with Crippen molar-refractivity contribution in [1.82, 2.24) is 9.97 Å². The van der Waals surface area contributed by atoms with Gasteiger partial charge >= 0.3 is 0 Å². The van der Waals surface area contributed by atoms with E-state index in [2.05, 4.69) is 20.6 Å². The molecule has 0 radical (unpaired) electrons. The van der Waals surface area contributed by atoms with Crippen molar-refractivity contribution in [3.8, 4) is 0 Å². The fourth-order valence-corrected chi connectivity index (χ4v) is 1.34. The predicted molar refractivity (Wildman–Crippen MR) is 66.0 cm³/mol. The highest BCUT2D eigenvalue weighted by atomic mass is 16.1. The van der Waals surface area contributed by atoms with E-state index < -0.39 is 0 Å². The fraction of sp³-hybridized carbons (Fsp3) is 0.0833. The van der Waals surface area contributed by atoms with Gasteiger partial charge in [-0.1, -0.05) is 0 Å². The maximum atomic E-state index is 11.9. The van der Waals surface area contributed by atoms with Crippen LogP contribution in [0.25, 0.3) is 0 Å². The van der Waals surface area contributed by atoms with E-state index in [1.165, 1.54) is 0 Å². The van der Waals surface area contributed by atoms with E-state index >= 15 is 0 Å². The molecule has 0 aliphatic carbocycles. The Balaban J connectivity index is 2.14. The largest absolute Gasteiger partial charge is 0.388 e. The number of nitrogens with one attached hydrogen (secondary N) is 2. The lowest BCUT2D eigenvalue weighted by molar-refractivity contribution is 0.102. The van der Waals surface area contributed by atoms with E-state index in [0.717, 1.165) is 5.69 Å². The molecule has 5 heteroatoms. The number of rotatable bonds is 3. The van der Waals surface area contributed by atoms with Gasteiger partial charge in [-0.15, -0.1) is 0 Å². The molecule has 17 heavy (non-hydrogen) atoms. The normalized spacial score (nSPS) is 9.71. The number of carbonyl (C=O) groups is 1. The molecule has 0 atom stereocenters. The van der Waals surface area contributed by atoms with Crippen molar-refractivity contribution in [2.24, 2.45) is 0 Å². The van der Waals surface area contributed by atoms with Crippen LogP contribution in [0.5, 0.6) is 0 Å². The Morgan fingerprint density at radius 1 is 1.12 bits per heavy atom. The highest BCUT2D eigenvalue weighted by Gasteiger charge is 2.07. The molecule has 2 aromatic heterocycles. The van der Waals surface area contributed by atoms with E-state index in [0.29, 0.717) is 11.4 Å². The van der Waals surface area contributed by atoms with Crippen molar-refractivity contribution in [3.05, 3.63) is 48.5 Å². The van der Waals surface area contributed by atoms with Gasteiger partial charge in [0.15, 0.2) is 0 Å². The maximum absolute atomic E-state index is 11.9. The van der Waals surface area contributed by atoms with Crippen molar-refractivity contribution in [1.29, 1.82) is 0 Å². The van der Waals surface area contributed by atoms with E-state index in [4.69, 9.17) is 0 Å². The highest BCUT2D eigenvalue weighted by Crippen LogP contribution is 2.10. The molecule has 0 aliphatic rings. The topological polar surface area (TPSA) is 66.9 Å². The summed E-state index contributed by atoms with van der Waals surface area (Å²) < 4.78 is 0. The van der Waals surface area contributed by atoms with Crippen LogP contribution in [0.2, 0.25) is 0 Å². The van der Waals surface area contributed by atoms with Crippen LogP contribution in [0.3, 0.4) is 0 Å². The number of aromatic nitrogens is 2. The molecule has 2 N–H and O–H groups in total. The quantitative estimate of drug-likeness (QED) is 0.840. The Hall–Kier alpha value is -2.43. The Morgan fingerprint density at radius 3 is 2.53 bits per heavy atom. The standard InChI is InChI=1S/C12H12N4O/c1-13-10-4-7-15-11(8-10)12(17)16-9-2-5-14-6-3-9/h2-8H,1H3,(H,13,15)(H,14,16,17). The first-order chi connectivity index (χ1) is 8.29. The zero-order valence-corrected chi connectivity index (χ0v) is 9.34. The minimum Gasteiger partial charge on any atom is -0.388 e. The molecule has 1 amide bonds. The van der Waals surface area contributed by atoms with Gasteiger partial charge < -0.3 is 10.6 Å². The Morgan fingerprint density at radius 2 is 1.82 bits per heavy atom. The molecule has 2 aromatic rings. The van der Waals surface area contributed by atoms with Crippen LogP contribution < -0.4 is 10.6 Å². The molecule has 0 aliphatic heterocycles. The van der Waals surface area contributed by atoms with Gasteiger partial charge in [0.05, 0.1) is 0 Å². The van der Waals surface area contributed by atoms with Crippen LogP contribution in [0.15, 0.2) is 42.9 Å². The first-order valence-corrected chi connectivity index (χ1v) is 5.15. The molecule has 0 unspecified atom stereocenters. The molecular weight excluding hydrogens is 216 g/mol. The number of pyridine rings is 2. The fourth-order valence-electron chi connectivity index (χ4n) is 1.34. The molecule has 0 fully saturated rings. The summed E-state index contributed by atoms with van der Waals surface area (Å²) in [6.45, 7) is 0. The summed E-state index contributed by atoms with van der Waals surface area (Å²) in [5.41, 5.74) is 1.91. The van der Waals surface area contributed by atoms with Crippen molar-refractivity contribution < 1.29 is 4.79 Å². The monoisotopic (exact) mass is 228 g/mol. The zero-order chi connectivity index (χ0) is 12.1. The number of hydrogen-bond acceptors (Lipinski definition) is 4. The van der Waals surface area contributed by atoms with E-state index in [-0.39, 0.29) is 5.91 Å². The number of anilines is 2. The van der Waals surface area contributed by atoms with Crippen molar-refractivity contribution in [3.63, 3.8) is 0 Å². The second kappa shape index (κ2) is 5.07. The summed E-state index contributed by atoms with van der Waals surface area (Å²) in [5.74, 6) is -0.242. The molecule has 2 rings (SSSR count). The van der Waals surface area contributed by atoms with Gasteiger partial charge in [-0.3, -0.25) is 14.8 Å². The summed E-state index contributed by atoms with van der Waals surface area (Å²) in [6, 6.07) is 6.93. The van der Waals surface area contributed by atoms with Crippen LogP contribution in [0, 0.1) is 0 Å². The second-order valence-corrected chi connectivity index (χ2v) is 3.37. The molecule has 86 valence electrons. The van der Waals surface area contributed by atoms with Gasteiger partial charge in [0.25, 0.3) is 5.91 Å². The third-order valence-electron chi connectivity index (χ3n) is 2.22. The highest BCUT2D eigenvalue weighted by molar-refractivity contribution is 6.03. The van der Waals surface area contributed by atoms with Crippen molar-refractivity contribution in [2.75, 3.05) is 17.7 Å². The third kappa shape index (κ3) is 2.78. The molecule has 0 bridgehead atoms. The predicted octanol–water partition coefficient (Wildman–Crippen LogP) is 1.77. The summed E-state index contributed by atoms with van der Waals surface area (Å²) >= 11 is 0. The third-order valence-corrected chi connectivity index (χ3v) is 2.22. The first-order valence-electron chi connectivity index (χ1n) is 5.15. The van der Waals surface area contributed by atoms with Crippen molar-refractivity contribution >= 4 is 17.3 Å². The van der Waals surface area contributed by atoms with Gasteiger partial charge in [0.1, 0.15) is 5.69 Å². The molecule has 0 saturated heterocycles. The minimum atomic E-state index is -0.242. The molecule has 5 nitrogen and oxygen atoms in total. The van der Waals surface area contributed by atoms with Crippen LogP contribution >= 0.6 is 0 Å². The van der Waals surface area contributed by atoms with Crippen LogP contribution in [0.1, 0.15) is 10.5 Å². The van der Waals surface area contributed by atoms with Gasteiger partial charge in [-0.2, -0.15) is 0 Å². The summed E-state index contributed by atoms with van der Waals surface area (Å²) in [6.07, 6.45) is 4.83. The van der Waals surface area contributed by atoms with Crippen LogP contribution in [0.4, 0.5) is 11.4 Å². The van der Waals surface area contributed by atoms with Crippen molar-refractivity contribution in [2.45, 2.75) is 0 Å². The average molecular weight is 228 g/mol. The van der Waals surface area contributed by atoms with Gasteiger partial charge in [-0.05, 0) is 24.3 Å². The maximum Gasteiger partial charge on any atom is 0.274 e. The summed E-state index contributed by atoms with van der Waals surface area (Å²) in [5, 5.41) is 5.70. The lowest BCUT2D eigenvalue weighted by Crippen LogP contribution is -2.13. The lowest BCUT2D eigenvalue weighted by atomic mass is 10.3. The van der Waals surface area contributed by atoms with Crippen LogP contribution in [-0.4, -0.2) is 22.9 Å². The van der Waals surface area contributed by atoms with Gasteiger partial charge in [0, 0.05) is 37.0 Å². The molecular formula is C12H12N4O. The van der Waals surface area contributed by atoms with Gasteiger partial charge in [0.2, 0.25) is 0 Å². The first kappa shape index (κ1) is 11.1. The van der Waals surface area contributed by atoms with E-state index in [9.17, 15) is 4.79 Å².